The third-order valence-electron chi connectivity index (χ3n) is 1.59. The van der Waals surface area contributed by atoms with Crippen LogP contribution in [0.4, 0.5) is 0 Å². The summed E-state index contributed by atoms with van der Waals surface area (Å²) in [6, 6.07) is 0. The minimum atomic E-state index is -0.967. The molecule has 0 fully saturated rings. The molecule has 0 aliphatic heterocycles. The molecule has 0 radical (unpaired) electrons. The highest BCUT2D eigenvalue weighted by Crippen LogP contribution is 2.09. The number of rotatable bonds is 6. The predicted molar refractivity (Wildman–Crippen MR) is 47.4 cm³/mol. The number of carbonyl (C=O) groups is 2. The van der Waals surface area contributed by atoms with E-state index in [0.717, 1.165) is 6.42 Å². The maximum absolute atomic E-state index is 10.6. The zero-order valence-corrected chi connectivity index (χ0v) is 7.56. The van der Waals surface area contributed by atoms with Crippen LogP contribution in [0.15, 0.2) is 12.2 Å². The number of aliphatic carboxylic acids is 2. The van der Waals surface area contributed by atoms with Gasteiger partial charge in [0.1, 0.15) is 0 Å². The van der Waals surface area contributed by atoms with Crippen LogP contribution in [0.5, 0.6) is 0 Å². The van der Waals surface area contributed by atoms with Crippen molar-refractivity contribution in [1.29, 1.82) is 0 Å². The highest BCUT2D eigenvalue weighted by atomic mass is 16.4. The molecular weight excluding hydrogens is 172 g/mol. The van der Waals surface area contributed by atoms with Gasteiger partial charge in [-0.05, 0) is 12.8 Å². The summed E-state index contributed by atoms with van der Waals surface area (Å²) < 4.78 is 0. The van der Waals surface area contributed by atoms with E-state index >= 15 is 0 Å². The Labute approximate surface area is 76.9 Å². The van der Waals surface area contributed by atoms with E-state index < -0.39 is 17.9 Å². The predicted octanol–water partition coefficient (Wildman–Crippen LogP) is 1.52. The van der Waals surface area contributed by atoms with Gasteiger partial charge in [-0.3, -0.25) is 9.59 Å². The van der Waals surface area contributed by atoms with Gasteiger partial charge in [-0.15, -0.1) is 0 Å². The molecule has 4 nitrogen and oxygen atoms in total. The Kier molecular flexibility index (Phi) is 5.59. The smallest absolute Gasteiger partial charge is 0.310 e. The first-order chi connectivity index (χ1) is 6.07. The Morgan fingerprint density at radius 3 is 2.38 bits per heavy atom. The van der Waals surface area contributed by atoms with Crippen molar-refractivity contribution in [3.63, 3.8) is 0 Å². The van der Waals surface area contributed by atoms with Gasteiger partial charge in [0, 0.05) is 6.42 Å². The zero-order chi connectivity index (χ0) is 10.3. The van der Waals surface area contributed by atoms with E-state index in [1.807, 2.05) is 6.92 Å². The summed E-state index contributed by atoms with van der Waals surface area (Å²) in [4.78, 5) is 20.8. The van der Waals surface area contributed by atoms with E-state index in [-0.39, 0.29) is 12.8 Å². The summed E-state index contributed by atoms with van der Waals surface area (Å²) in [5.41, 5.74) is 0. The third-order valence-corrected chi connectivity index (χ3v) is 1.59. The van der Waals surface area contributed by atoms with Gasteiger partial charge in [-0.1, -0.05) is 19.1 Å². The minimum absolute atomic E-state index is 0.106. The SMILES string of the molecule is CCC=CC(CCC(=O)O)C(=O)O. The average Bonchev–Trinajstić information content (AvgIpc) is 2.03. The normalized spacial score (nSPS) is 13.0. The molecule has 0 aromatic heterocycles. The number of carboxylic acids is 2. The lowest BCUT2D eigenvalue weighted by Crippen LogP contribution is -2.12. The third kappa shape index (κ3) is 5.90. The lowest BCUT2D eigenvalue weighted by Gasteiger charge is -2.04. The Hall–Kier alpha value is -1.32. The van der Waals surface area contributed by atoms with Gasteiger partial charge in [0.25, 0.3) is 0 Å². The molecule has 0 aliphatic carbocycles. The molecule has 0 aromatic rings. The molecule has 0 aliphatic rings. The van der Waals surface area contributed by atoms with E-state index in [9.17, 15) is 9.59 Å². The van der Waals surface area contributed by atoms with Crippen molar-refractivity contribution in [2.24, 2.45) is 5.92 Å². The van der Waals surface area contributed by atoms with E-state index in [1.54, 1.807) is 12.2 Å². The molecule has 0 saturated carbocycles. The monoisotopic (exact) mass is 186 g/mol. The molecular formula is C9H14O4. The van der Waals surface area contributed by atoms with Gasteiger partial charge in [0.2, 0.25) is 0 Å². The quantitative estimate of drug-likeness (QED) is 0.616. The topological polar surface area (TPSA) is 74.6 Å². The van der Waals surface area contributed by atoms with Gasteiger partial charge < -0.3 is 10.2 Å². The van der Waals surface area contributed by atoms with Crippen LogP contribution in [0.25, 0.3) is 0 Å². The molecule has 13 heavy (non-hydrogen) atoms. The summed E-state index contributed by atoms with van der Waals surface area (Å²) in [5.74, 6) is -2.60. The first kappa shape index (κ1) is 11.7. The fourth-order valence-corrected chi connectivity index (χ4v) is 0.881. The lowest BCUT2D eigenvalue weighted by molar-refractivity contribution is -0.141. The highest BCUT2D eigenvalue weighted by molar-refractivity contribution is 5.73. The van der Waals surface area contributed by atoms with Crippen molar-refractivity contribution in [3.05, 3.63) is 12.2 Å². The van der Waals surface area contributed by atoms with E-state index in [2.05, 4.69) is 0 Å². The Morgan fingerprint density at radius 1 is 1.38 bits per heavy atom. The maximum Gasteiger partial charge on any atom is 0.310 e. The Morgan fingerprint density at radius 2 is 2.00 bits per heavy atom. The minimum Gasteiger partial charge on any atom is -0.481 e. The second-order valence-corrected chi connectivity index (χ2v) is 2.71. The van der Waals surface area contributed by atoms with E-state index in [4.69, 9.17) is 10.2 Å². The van der Waals surface area contributed by atoms with E-state index in [0.29, 0.717) is 0 Å². The number of allylic oxidation sites excluding steroid dienone is 1. The van der Waals surface area contributed by atoms with Gasteiger partial charge in [0.05, 0.1) is 5.92 Å². The van der Waals surface area contributed by atoms with Crippen molar-refractivity contribution in [3.8, 4) is 0 Å². The van der Waals surface area contributed by atoms with Crippen LogP contribution in [0.1, 0.15) is 26.2 Å². The van der Waals surface area contributed by atoms with E-state index in [1.165, 1.54) is 0 Å². The second kappa shape index (κ2) is 6.22. The number of hydrogen-bond donors (Lipinski definition) is 2. The summed E-state index contributed by atoms with van der Waals surface area (Å²) in [7, 11) is 0. The average molecular weight is 186 g/mol. The van der Waals surface area contributed by atoms with Crippen molar-refractivity contribution in [2.75, 3.05) is 0 Å². The van der Waals surface area contributed by atoms with Crippen molar-refractivity contribution < 1.29 is 19.8 Å². The maximum atomic E-state index is 10.6. The van der Waals surface area contributed by atoms with Crippen LogP contribution < -0.4 is 0 Å². The number of carboxylic acid groups (broad SMARTS) is 2. The van der Waals surface area contributed by atoms with Gasteiger partial charge in [-0.25, -0.2) is 0 Å². The molecule has 4 heteroatoms. The molecule has 1 unspecified atom stereocenters. The van der Waals surface area contributed by atoms with Crippen molar-refractivity contribution in [1.82, 2.24) is 0 Å². The van der Waals surface area contributed by atoms with Crippen LogP contribution in [0, 0.1) is 5.92 Å². The first-order valence-electron chi connectivity index (χ1n) is 4.19. The first-order valence-corrected chi connectivity index (χ1v) is 4.19. The standard InChI is InChI=1S/C9H14O4/c1-2-3-4-7(9(12)13)5-6-8(10)11/h3-4,7H,2,5-6H2,1H3,(H,10,11)(H,12,13). The molecule has 74 valence electrons. The van der Waals surface area contributed by atoms with Crippen molar-refractivity contribution in [2.45, 2.75) is 26.2 Å². The number of hydrogen-bond acceptors (Lipinski definition) is 2. The van der Waals surface area contributed by atoms with Crippen LogP contribution in [-0.2, 0) is 9.59 Å². The molecule has 0 amide bonds. The summed E-state index contributed by atoms with van der Waals surface area (Å²) in [6.45, 7) is 1.90. The van der Waals surface area contributed by atoms with Crippen LogP contribution >= 0.6 is 0 Å². The van der Waals surface area contributed by atoms with Gasteiger partial charge in [-0.2, -0.15) is 0 Å². The highest BCUT2D eigenvalue weighted by Gasteiger charge is 2.14. The van der Waals surface area contributed by atoms with Crippen LogP contribution in [0.3, 0.4) is 0 Å². The molecule has 1 atom stereocenters. The van der Waals surface area contributed by atoms with Crippen molar-refractivity contribution >= 4 is 11.9 Å². The molecule has 0 heterocycles. The van der Waals surface area contributed by atoms with Gasteiger partial charge in [0.15, 0.2) is 0 Å². The fourth-order valence-electron chi connectivity index (χ4n) is 0.881. The summed E-state index contributed by atoms with van der Waals surface area (Å²) in [6.07, 6.45) is 4.09. The second-order valence-electron chi connectivity index (χ2n) is 2.71. The molecule has 0 rings (SSSR count). The molecule has 0 spiro atoms. The molecule has 2 N–H and O–H groups in total. The summed E-state index contributed by atoms with van der Waals surface area (Å²) >= 11 is 0. The molecule has 0 saturated heterocycles. The summed E-state index contributed by atoms with van der Waals surface area (Å²) in [5, 5.41) is 17.0. The zero-order valence-electron chi connectivity index (χ0n) is 7.56. The largest absolute Gasteiger partial charge is 0.481 e. The fraction of sp³-hybridized carbons (Fsp3) is 0.556. The lowest BCUT2D eigenvalue weighted by atomic mass is 10.0. The Balaban J connectivity index is 4.02. The van der Waals surface area contributed by atoms with Crippen LogP contribution in [-0.4, -0.2) is 22.2 Å². The molecule has 0 bridgehead atoms. The van der Waals surface area contributed by atoms with Crippen LogP contribution in [0.2, 0.25) is 0 Å². The van der Waals surface area contributed by atoms with Gasteiger partial charge >= 0.3 is 11.9 Å². The molecule has 0 aromatic carbocycles. The Bertz CT molecular complexity index is 208.